The number of anilines is 1. The Bertz CT molecular complexity index is 1280. The van der Waals surface area contributed by atoms with Gasteiger partial charge in [0.1, 0.15) is 0 Å². The predicted molar refractivity (Wildman–Crippen MR) is 144 cm³/mol. The smallest absolute Gasteiger partial charge is 0.261 e. The van der Waals surface area contributed by atoms with E-state index in [0.717, 1.165) is 36.1 Å². The largest absolute Gasteiger partial charge is 0.395 e. The fraction of sp³-hybridized carbons (Fsp3) is 0.379. The zero-order valence-corrected chi connectivity index (χ0v) is 22.0. The number of hydrogen-bond donors (Lipinski definition) is 3. The molecule has 0 saturated carbocycles. The number of aliphatic hydroxyl groups excluding tert-OH is 2. The molecule has 2 fully saturated rings. The topological polar surface area (TPSA) is 108 Å². The molecule has 9 heteroatoms. The first-order valence-electron chi connectivity index (χ1n) is 13.0. The van der Waals surface area contributed by atoms with Gasteiger partial charge in [-0.1, -0.05) is 54.6 Å². The maximum atomic E-state index is 12.7. The number of benzene rings is 3. The van der Waals surface area contributed by atoms with Gasteiger partial charge in [0.15, 0.2) is 6.29 Å². The second kappa shape index (κ2) is 11.9. The van der Waals surface area contributed by atoms with Crippen LogP contribution < -0.4 is 4.72 Å². The van der Waals surface area contributed by atoms with E-state index in [-0.39, 0.29) is 36.4 Å². The highest BCUT2D eigenvalue weighted by Crippen LogP contribution is 2.39. The molecule has 38 heavy (non-hydrogen) atoms. The molecular formula is C29H34N2O6S. The van der Waals surface area contributed by atoms with Crippen LogP contribution in [-0.4, -0.2) is 55.4 Å². The van der Waals surface area contributed by atoms with Crippen LogP contribution in [0.1, 0.15) is 48.3 Å². The van der Waals surface area contributed by atoms with Gasteiger partial charge in [-0.15, -0.1) is 0 Å². The lowest BCUT2D eigenvalue weighted by Crippen LogP contribution is -2.42. The van der Waals surface area contributed by atoms with E-state index in [0.29, 0.717) is 18.7 Å². The molecule has 0 radical (unpaired) electrons. The summed E-state index contributed by atoms with van der Waals surface area (Å²) in [6.45, 7) is 1.76. The highest BCUT2D eigenvalue weighted by Gasteiger charge is 2.35. The maximum Gasteiger partial charge on any atom is 0.261 e. The van der Waals surface area contributed by atoms with Crippen LogP contribution in [-0.2, 0) is 26.1 Å². The summed E-state index contributed by atoms with van der Waals surface area (Å²) in [5.41, 5.74) is 3.08. The Morgan fingerprint density at radius 2 is 1.61 bits per heavy atom. The highest BCUT2D eigenvalue weighted by molar-refractivity contribution is 7.92. The van der Waals surface area contributed by atoms with Crippen molar-refractivity contribution >= 4 is 15.7 Å². The molecule has 0 amide bonds. The summed E-state index contributed by atoms with van der Waals surface area (Å²) in [7, 11) is -3.69. The van der Waals surface area contributed by atoms with E-state index in [1.807, 2.05) is 36.4 Å². The molecule has 0 aliphatic carbocycles. The van der Waals surface area contributed by atoms with Crippen molar-refractivity contribution in [3.05, 3.63) is 95.6 Å². The molecule has 202 valence electrons. The Hall–Kier alpha value is -2.79. The number of aliphatic hydroxyl groups is 2. The molecule has 8 nitrogen and oxygen atoms in total. The normalized spacial score (nSPS) is 24.4. The lowest BCUT2D eigenvalue weighted by molar-refractivity contribution is -0.253. The maximum absolute atomic E-state index is 12.7. The molecule has 5 rings (SSSR count). The van der Waals surface area contributed by atoms with Crippen LogP contribution in [0.3, 0.4) is 0 Å². The van der Waals surface area contributed by atoms with E-state index in [9.17, 15) is 18.6 Å². The molecule has 3 aromatic carbocycles. The van der Waals surface area contributed by atoms with Gasteiger partial charge in [-0.25, -0.2) is 8.42 Å². The number of rotatable bonds is 9. The quantitative estimate of drug-likeness (QED) is 0.378. The average Bonchev–Trinajstić information content (AvgIpc) is 3.40. The summed E-state index contributed by atoms with van der Waals surface area (Å²) in [4.78, 5) is 2.49. The Kier molecular flexibility index (Phi) is 8.42. The fourth-order valence-corrected chi connectivity index (χ4v) is 6.24. The molecule has 0 aromatic heterocycles. The van der Waals surface area contributed by atoms with Crippen molar-refractivity contribution in [2.24, 2.45) is 0 Å². The van der Waals surface area contributed by atoms with Crippen LogP contribution in [0.25, 0.3) is 0 Å². The minimum absolute atomic E-state index is 0.0158. The van der Waals surface area contributed by atoms with Crippen molar-refractivity contribution in [3.8, 4) is 0 Å². The lowest BCUT2D eigenvalue weighted by atomic mass is 9.99. The molecule has 4 atom stereocenters. The summed E-state index contributed by atoms with van der Waals surface area (Å²) < 4.78 is 40.8. The van der Waals surface area contributed by atoms with Gasteiger partial charge in [0.25, 0.3) is 10.0 Å². The van der Waals surface area contributed by atoms with Crippen molar-refractivity contribution in [1.82, 2.24) is 4.90 Å². The van der Waals surface area contributed by atoms with Crippen LogP contribution in [0.5, 0.6) is 0 Å². The summed E-state index contributed by atoms with van der Waals surface area (Å²) in [5, 5.41) is 19.2. The molecule has 2 aliphatic heterocycles. The Balaban J connectivity index is 1.34. The molecule has 2 heterocycles. The Labute approximate surface area is 223 Å². The van der Waals surface area contributed by atoms with E-state index >= 15 is 0 Å². The number of nitrogens with one attached hydrogen (secondary N) is 1. The van der Waals surface area contributed by atoms with E-state index in [4.69, 9.17) is 9.47 Å². The average molecular weight is 539 g/mol. The number of nitrogens with zero attached hydrogens (tertiary/aromatic N) is 1. The van der Waals surface area contributed by atoms with E-state index < -0.39 is 16.3 Å². The fourth-order valence-electron chi connectivity index (χ4n) is 5.16. The molecule has 2 saturated heterocycles. The van der Waals surface area contributed by atoms with Crippen LogP contribution in [0.2, 0.25) is 0 Å². The zero-order valence-electron chi connectivity index (χ0n) is 21.1. The molecule has 3 aromatic rings. The predicted octanol–water partition coefficient (Wildman–Crippen LogP) is 3.98. The molecule has 3 N–H and O–H groups in total. The number of likely N-dealkylation sites (tertiary alicyclic amines) is 1. The van der Waals surface area contributed by atoms with Gasteiger partial charge in [0.05, 0.1) is 30.3 Å². The molecule has 0 spiro atoms. The molecule has 4 unspecified atom stereocenters. The highest BCUT2D eigenvalue weighted by atomic mass is 32.2. The third-order valence-electron chi connectivity index (χ3n) is 7.25. The summed E-state index contributed by atoms with van der Waals surface area (Å²) in [5.74, 6) is 0. The SMILES string of the molecule is O=S(=O)(Nc1ccc(C2OC(CN3CCCC3CO)CC(c3ccc(CO)cc3)O2)cc1)c1ccccc1. The Morgan fingerprint density at radius 1 is 0.895 bits per heavy atom. The number of sulfonamides is 1. The van der Waals surface area contributed by atoms with Gasteiger partial charge in [-0.3, -0.25) is 9.62 Å². The second-order valence-electron chi connectivity index (χ2n) is 9.86. The zero-order chi connectivity index (χ0) is 26.5. The van der Waals surface area contributed by atoms with E-state index in [2.05, 4.69) is 9.62 Å². The van der Waals surface area contributed by atoms with Gasteiger partial charge in [-0.05, 0) is 54.8 Å². The van der Waals surface area contributed by atoms with Gasteiger partial charge < -0.3 is 19.7 Å². The number of ether oxygens (including phenoxy) is 2. The lowest BCUT2D eigenvalue weighted by Gasteiger charge is -2.38. The van der Waals surface area contributed by atoms with Crippen molar-refractivity contribution in [2.45, 2.75) is 55.3 Å². The van der Waals surface area contributed by atoms with E-state index in [1.165, 1.54) is 0 Å². The standard InChI is InChI=1S/C29H34N2O6S/c32-19-21-8-10-22(11-9-21)28-17-26(18-31-16-4-5-25(31)20-33)36-29(37-28)23-12-14-24(15-13-23)30-38(34,35)27-6-2-1-3-7-27/h1-3,6-15,25-26,28-30,32-33H,4-5,16-20H2. The van der Waals surface area contributed by atoms with Crippen LogP contribution in [0.4, 0.5) is 5.69 Å². The van der Waals surface area contributed by atoms with Gasteiger partial charge in [-0.2, -0.15) is 0 Å². The van der Waals surface area contributed by atoms with Crippen LogP contribution in [0.15, 0.2) is 83.8 Å². The third kappa shape index (κ3) is 6.26. The summed E-state index contributed by atoms with van der Waals surface area (Å²) in [6, 6.07) is 23.2. The van der Waals surface area contributed by atoms with E-state index in [1.54, 1.807) is 42.5 Å². The minimum atomic E-state index is -3.69. The summed E-state index contributed by atoms with van der Waals surface area (Å²) >= 11 is 0. The van der Waals surface area contributed by atoms with Gasteiger partial charge >= 0.3 is 0 Å². The first-order chi connectivity index (χ1) is 18.4. The summed E-state index contributed by atoms with van der Waals surface area (Å²) in [6.07, 6.45) is 1.75. The van der Waals surface area contributed by atoms with Gasteiger partial charge in [0.2, 0.25) is 0 Å². The van der Waals surface area contributed by atoms with Crippen LogP contribution >= 0.6 is 0 Å². The van der Waals surface area contributed by atoms with Gasteiger partial charge in [0, 0.05) is 30.3 Å². The molecular weight excluding hydrogens is 504 g/mol. The third-order valence-corrected chi connectivity index (χ3v) is 8.65. The number of hydrogen-bond acceptors (Lipinski definition) is 7. The minimum Gasteiger partial charge on any atom is -0.395 e. The first kappa shape index (κ1) is 26.8. The van der Waals surface area contributed by atoms with Crippen molar-refractivity contribution < 1.29 is 28.1 Å². The Morgan fingerprint density at radius 3 is 2.29 bits per heavy atom. The molecule has 0 bridgehead atoms. The van der Waals surface area contributed by atoms with Crippen molar-refractivity contribution in [2.75, 3.05) is 24.4 Å². The molecule has 2 aliphatic rings. The van der Waals surface area contributed by atoms with Crippen molar-refractivity contribution in [1.29, 1.82) is 0 Å². The first-order valence-corrected chi connectivity index (χ1v) is 14.5. The second-order valence-corrected chi connectivity index (χ2v) is 11.5. The van der Waals surface area contributed by atoms with Crippen LogP contribution in [0, 0.1) is 0 Å². The monoisotopic (exact) mass is 538 g/mol. The van der Waals surface area contributed by atoms with Crippen molar-refractivity contribution in [3.63, 3.8) is 0 Å².